The van der Waals surface area contributed by atoms with Gasteiger partial charge in [-0.2, -0.15) is 0 Å². The molecule has 0 saturated carbocycles. The average molecular weight is 660 g/mol. The van der Waals surface area contributed by atoms with Crippen LogP contribution in [0.1, 0.15) is 64.9 Å². The minimum atomic E-state index is 0. The van der Waals surface area contributed by atoms with Crippen LogP contribution in [0.4, 0.5) is 0 Å². The Morgan fingerprint density at radius 2 is 1.64 bits per heavy atom. The van der Waals surface area contributed by atoms with Crippen LogP contribution in [0, 0.1) is 6.07 Å². The van der Waals surface area contributed by atoms with Crippen molar-refractivity contribution in [2.45, 2.75) is 65.7 Å². The van der Waals surface area contributed by atoms with Gasteiger partial charge in [0.05, 0.1) is 24.3 Å². The smallest absolute Gasteiger partial charge is 0.316 e. The van der Waals surface area contributed by atoms with Gasteiger partial charge in [0.15, 0.2) is 0 Å². The van der Waals surface area contributed by atoms with Crippen LogP contribution in [0.2, 0.25) is 0 Å². The number of ketones is 1. The number of hydrogen-bond donors (Lipinski definition) is 1. The number of hydrogen-bond acceptors (Lipinski definition) is 2. The first-order chi connectivity index (χ1) is 17.0. The molecule has 4 aromatic rings. The Labute approximate surface area is 229 Å². The van der Waals surface area contributed by atoms with Gasteiger partial charge in [0, 0.05) is 25.5 Å². The summed E-state index contributed by atoms with van der Waals surface area (Å²) in [6.45, 7) is 5.27. The molecule has 0 spiro atoms. The van der Waals surface area contributed by atoms with Crippen molar-refractivity contribution in [1.29, 1.82) is 0 Å². The van der Waals surface area contributed by atoms with E-state index >= 15 is 0 Å². The minimum Gasteiger partial charge on any atom is -0.512 e. The molecule has 0 atom stereocenters. The van der Waals surface area contributed by atoms with Gasteiger partial charge in [-0.3, -0.25) is 9.78 Å². The van der Waals surface area contributed by atoms with Crippen LogP contribution in [0.25, 0.3) is 32.9 Å². The average Bonchev–Trinajstić information content (AvgIpc) is 2.85. The van der Waals surface area contributed by atoms with E-state index in [1.165, 1.54) is 80.2 Å². The molecule has 1 aromatic heterocycles. The van der Waals surface area contributed by atoms with Gasteiger partial charge in [-0.25, -0.2) is 0 Å². The Hall–Kier alpha value is -2.81. The predicted octanol–water partition coefficient (Wildman–Crippen LogP) is 8.77. The van der Waals surface area contributed by atoms with Gasteiger partial charge >= 0.3 is 5.78 Å². The molecule has 4 rings (SSSR count). The summed E-state index contributed by atoms with van der Waals surface area (Å²) < 4.78 is 0. The molecular formula is C32H37IrNO2. The molecule has 1 heterocycles. The number of aliphatic hydroxyl groups excluding tert-OH is 1. The summed E-state index contributed by atoms with van der Waals surface area (Å²) in [6.07, 6.45) is 10.5. The predicted molar refractivity (Wildman–Crippen MR) is 150 cm³/mol. The van der Waals surface area contributed by atoms with E-state index in [4.69, 9.17) is 14.9 Å². The van der Waals surface area contributed by atoms with E-state index in [-0.39, 0.29) is 31.6 Å². The number of fused-ring (bicyclic) bond motifs is 3. The standard InChI is InChI=1S/C27H28N.C5H8O2.Ir/c1-2-3-4-5-6-7-10-21-13-15-23(16-14-21)26-20-18-25-24-12-9-8-11-22(24)17-19-27(25)28-26;1-4(6)3-5(2)7;/h8-9,11-15,17-20H,2-7,10H2,1H3;3,6H,1-2H3;/q-1;;/p+1/b;4-3-;. The monoisotopic (exact) mass is 660 g/mol. The summed E-state index contributed by atoms with van der Waals surface area (Å²) in [7, 11) is 0. The van der Waals surface area contributed by atoms with E-state index in [2.05, 4.69) is 79.7 Å². The van der Waals surface area contributed by atoms with Gasteiger partial charge in [-0.05, 0) is 29.5 Å². The molecule has 2 N–H and O–H groups in total. The number of aromatic nitrogens is 1. The van der Waals surface area contributed by atoms with E-state index in [0.29, 0.717) is 0 Å². The van der Waals surface area contributed by atoms with E-state index in [0.717, 1.165) is 23.2 Å². The molecule has 3 nitrogen and oxygen atoms in total. The van der Waals surface area contributed by atoms with Gasteiger partial charge in [0.1, 0.15) is 0 Å². The van der Waals surface area contributed by atoms with Crippen LogP contribution in [-0.2, 0) is 26.5 Å². The third kappa shape index (κ3) is 9.00. The maximum absolute atomic E-state index is 8.40. The third-order valence-corrected chi connectivity index (χ3v) is 5.99. The molecule has 0 aliphatic heterocycles. The molecular weight excluding hydrogens is 623 g/mol. The number of nitrogens with zero attached hydrogens (tertiary/aromatic N) is 1. The van der Waals surface area contributed by atoms with Crippen molar-refractivity contribution in [2.24, 2.45) is 0 Å². The maximum Gasteiger partial charge on any atom is 0.316 e. The number of allylic oxidation sites excluding steroid dienone is 2. The zero-order chi connectivity index (χ0) is 25.0. The van der Waals surface area contributed by atoms with Crippen LogP contribution in [0.3, 0.4) is 0 Å². The number of rotatable bonds is 9. The Kier molecular flexibility index (Phi) is 12.5. The molecule has 4 heteroatoms. The molecule has 1 radical (unpaired) electrons. The summed E-state index contributed by atoms with van der Waals surface area (Å²) in [4.78, 5) is 13.3. The Balaban J connectivity index is 0.000000503. The third-order valence-electron chi connectivity index (χ3n) is 5.99. The van der Waals surface area contributed by atoms with Crippen molar-refractivity contribution in [1.82, 2.24) is 4.98 Å². The molecule has 191 valence electrons. The minimum absolute atomic E-state index is 0. The van der Waals surface area contributed by atoms with E-state index in [1.54, 1.807) is 0 Å². The normalized spacial score (nSPS) is 11.0. The van der Waals surface area contributed by atoms with Crippen LogP contribution >= 0.6 is 0 Å². The summed E-state index contributed by atoms with van der Waals surface area (Å²) in [6, 6.07) is 27.1. The van der Waals surface area contributed by atoms with Gasteiger partial charge in [0.25, 0.3) is 0 Å². The van der Waals surface area contributed by atoms with E-state index < -0.39 is 0 Å². The van der Waals surface area contributed by atoms with Crippen molar-refractivity contribution in [2.75, 3.05) is 0 Å². The quantitative estimate of drug-likeness (QED) is 0.0488. The van der Waals surface area contributed by atoms with Crippen LogP contribution in [0.15, 0.2) is 78.6 Å². The van der Waals surface area contributed by atoms with Crippen LogP contribution in [0.5, 0.6) is 0 Å². The van der Waals surface area contributed by atoms with Crippen LogP contribution < -0.4 is 0 Å². The SMILES string of the molecule is CC(=[OH+])/C=C(/C)O.CCCCCCCCc1c[c-]c(-c2ccc3c(ccc4ccccc43)n2)cc1.[Ir]. The van der Waals surface area contributed by atoms with Crippen molar-refractivity contribution >= 4 is 27.5 Å². The Bertz CT molecular complexity index is 1270. The van der Waals surface area contributed by atoms with Crippen molar-refractivity contribution in [3.05, 3.63) is 90.2 Å². The number of carbonyl (C=O) groups excluding carboxylic acids is 1. The van der Waals surface area contributed by atoms with Gasteiger partial charge < -0.3 is 5.11 Å². The topological polar surface area (TPSA) is 54.5 Å². The molecule has 36 heavy (non-hydrogen) atoms. The van der Waals surface area contributed by atoms with E-state index in [1.807, 2.05) is 0 Å². The van der Waals surface area contributed by atoms with Gasteiger partial charge in [0.2, 0.25) is 0 Å². The summed E-state index contributed by atoms with van der Waals surface area (Å²) in [5.41, 5.74) is 4.49. The summed E-state index contributed by atoms with van der Waals surface area (Å²) in [5, 5.41) is 12.1. The fourth-order valence-electron chi connectivity index (χ4n) is 4.22. The fraction of sp³-hybridized carbons (Fsp3) is 0.312. The Morgan fingerprint density at radius 3 is 2.31 bits per heavy atom. The molecule has 0 amide bonds. The summed E-state index contributed by atoms with van der Waals surface area (Å²) in [5.74, 6) is 0.250. The Morgan fingerprint density at radius 1 is 0.889 bits per heavy atom. The molecule has 0 fully saturated rings. The largest absolute Gasteiger partial charge is 0.512 e. The van der Waals surface area contributed by atoms with Crippen molar-refractivity contribution in [3.63, 3.8) is 0 Å². The molecule has 0 unspecified atom stereocenters. The van der Waals surface area contributed by atoms with Crippen molar-refractivity contribution < 1.29 is 30.0 Å². The molecule has 0 aliphatic carbocycles. The van der Waals surface area contributed by atoms with E-state index in [9.17, 15) is 0 Å². The number of aryl methyl sites for hydroxylation is 1. The molecule has 3 aromatic carbocycles. The number of unbranched alkanes of at least 4 members (excludes halogenated alkanes) is 5. The second kappa shape index (κ2) is 15.3. The summed E-state index contributed by atoms with van der Waals surface area (Å²) >= 11 is 0. The molecule has 0 bridgehead atoms. The van der Waals surface area contributed by atoms with Crippen LogP contribution in [-0.4, -0.2) is 20.7 Å². The first-order valence-electron chi connectivity index (χ1n) is 12.7. The second-order valence-corrected chi connectivity index (χ2v) is 9.11. The zero-order valence-electron chi connectivity index (χ0n) is 21.6. The first-order valence-corrected chi connectivity index (χ1v) is 12.7. The number of aliphatic hydroxyl groups is 1. The molecule has 0 aliphatic rings. The second-order valence-electron chi connectivity index (χ2n) is 9.11. The maximum atomic E-state index is 8.40. The molecule has 0 saturated heterocycles. The van der Waals surface area contributed by atoms with Crippen molar-refractivity contribution in [3.8, 4) is 11.3 Å². The zero-order valence-corrected chi connectivity index (χ0v) is 23.9. The number of benzene rings is 3. The van der Waals surface area contributed by atoms with Gasteiger partial charge in [-0.1, -0.05) is 94.3 Å². The number of pyridine rings is 1. The van der Waals surface area contributed by atoms with Gasteiger partial charge in [-0.15, -0.1) is 35.4 Å². The fourth-order valence-corrected chi connectivity index (χ4v) is 4.22. The first kappa shape index (κ1) is 29.4.